The van der Waals surface area contributed by atoms with Crippen LogP contribution < -0.4 is 15.5 Å². The van der Waals surface area contributed by atoms with Crippen molar-refractivity contribution in [2.24, 2.45) is 0 Å². The Kier molecular flexibility index (Phi) is 6.93. The summed E-state index contributed by atoms with van der Waals surface area (Å²) in [6, 6.07) is 21.1. The molecule has 1 heterocycles. The zero-order valence-corrected chi connectivity index (χ0v) is 19.3. The van der Waals surface area contributed by atoms with Crippen LogP contribution in [0, 0.1) is 0 Å². The molecule has 5 nitrogen and oxygen atoms in total. The average molecular weight is 431 g/mol. The Bertz CT molecular complexity index is 1040. The first-order chi connectivity index (χ1) is 15.5. The number of anilines is 2. The van der Waals surface area contributed by atoms with Gasteiger partial charge in [-0.15, -0.1) is 0 Å². The summed E-state index contributed by atoms with van der Waals surface area (Å²) in [6.45, 7) is 2.08. The minimum absolute atomic E-state index is 0.0710. The quantitative estimate of drug-likeness (QED) is 0.532. The number of rotatable bonds is 7. The summed E-state index contributed by atoms with van der Waals surface area (Å²) in [6.07, 6.45) is 4.85. The molecule has 2 N–H and O–H groups in total. The summed E-state index contributed by atoms with van der Waals surface area (Å²) in [5, 5.41) is 8.13. The monoisotopic (exact) mass is 430 g/mol. The van der Waals surface area contributed by atoms with E-state index >= 15 is 0 Å². The Morgan fingerprint density at radius 3 is 2.34 bits per heavy atom. The molecule has 1 aliphatic rings. The fraction of sp³-hybridized carbons (Fsp3) is 0.407. The van der Waals surface area contributed by atoms with Gasteiger partial charge in [-0.2, -0.15) is 0 Å². The molecule has 0 bridgehead atoms. The topological polar surface area (TPSA) is 57.3 Å². The van der Waals surface area contributed by atoms with Crippen LogP contribution in [-0.4, -0.2) is 37.1 Å². The molecule has 1 fully saturated rings. The van der Waals surface area contributed by atoms with Gasteiger partial charge in [0.05, 0.1) is 11.4 Å². The molecule has 0 radical (unpaired) electrons. The largest absolute Gasteiger partial charge is 0.377 e. The van der Waals surface area contributed by atoms with Crippen LogP contribution in [0.25, 0.3) is 10.9 Å². The van der Waals surface area contributed by atoms with E-state index in [4.69, 9.17) is 4.98 Å². The van der Waals surface area contributed by atoms with Crippen LogP contribution in [0.2, 0.25) is 0 Å². The SMILES string of the molecule is CCC(C(=O)NC1CCC(Nc2cc(N(C)C)c3ccccc3n2)CC1)c1ccccc1. The molecule has 0 aliphatic heterocycles. The number of amides is 1. The van der Waals surface area contributed by atoms with Gasteiger partial charge in [-0.05, 0) is 43.7 Å². The fourth-order valence-electron chi connectivity index (χ4n) is 4.75. The second-order valence-corrected chi connectivity index (χ2v) is 9.01. The predicted molar refractivity (Wildman–Crippen MR) is 133 cm³/mol. The van der Waals surface area contributed by atoms with Gasteiger partial charge in [-0.3, -0.25) is 4.79 Å². The number of nitrogens with zero attached hydrogens (tertiary/aromatic N) is 2. The van der Waals surface area contributed by atoms with E-state index < -0.39 is 0 Å². The van der Waals surface area contributed by atoms with E-state index in [1.54, 1.807) is 0 Å². The summed E-state index contributed by atoms with van der Waals surface area (Å²) < 4.78 is 0. The number of para-hydroxylation sites is 1. The van der Waals surface area contributed by atoms with Crippen molar-refractivity contribution in [3.8, 4) is 0 Å². The first-order valence-electron chi connectivity index (χ1n) is 11.7. The second kappa shape index (κ2) is 10.0. The summed E-state index contributed by atoms with van der Waals surface area (Å²) in [4.78, 5) is 19.9. The molecule has 1 aliphatic carbocycles. The van der Waals surface area contributed by atoms with Crippen molar-refractivity contribution in [2.45, 2.75) is 57.0 Å². The van der Waals surface area contributed by atoms with E-state index in [-0.39, 0.29) is 17.9 Å². The molecular formula is C27H34N4O. The number of aromatic nitrogens is 1. The van der Waals surface area contributed by atoms with Crippen molar-refractivity contribution in [1.29, 1.82) is 0 Å². The maximum Gasteiger partial charge on any atom is 0.227 e. The highest BCUT2D eigenvalue weighted by atomic mass is 16.1. The maximum atomic E-state index is 12.9. The predicted octanol–water partition coefficient (Wildman–Crippen LogP) is 5.33. The number of hydrogen-bond donors (Lipinski definition) is 2. The Morgan fingerprint density at radius 2 is 1.66 bits per heavy atom. The lowest BCUT2D eigenvalue weighted by Gasteiger charge is -2.31. The van der Waals surface area contributed by atoms with Gasteiger partial charge < -0.3 is 15.5 Å². The van der Waals surface area contributed by atoms with Crippen LogP contribution in [0.3, 0.4) is 0 Å². The Morgan fingerprint density at radius 1 is 1.00 bits per heavy atom. The summed E-state index contributed by atoms with van der Waals surface area (Å²) >= 11 is 0. The molecule has 32 heavy (non-hydrogen) atoms. The molecule has 0 saturated heterocycles. The Balaban J connectivity index is 1.36. The highest BCUT2D eigenvalue weighted by molar-refractivity contribution is 5.93. The zero-order chi connectivity index (χ0) is 22.5. The molecule has 5 heteroatoms. The van der Waals surface area contributed by atoms with Crippen LogP contribution in [0.5, 0.6) is 0 Å². The third-order valence-corrected chi connectivity index (χ3v) is 6.53. The van der Waals surface area contributed by atoms with E-state index in [1.807, 2.05) is 36.4 Å². The van der Waals surface area contributed by atoms with Crippen LogP contribution in [0.4, 0.5) is 11.5 Å². The minimum Gasteiger partial charge on any atom is -0.377 e. The summed E-state index contributed by atoms with van der Waals surface area (Å²) in [5.41, 5.74) is 3.28. The molecule has 1 atom stereocenters. The van der Waals surface area contributed by atoms with Gasteiger partial charge in [0.1, 0.15) is 5.82 Å². The van der Waals surface area contributed by atoms with E-state index in [1.165, 1.54) is 11.1 Å². The van der Waals surface area contributed by atoms with Gasteiger partial charge in [0.15, 0.2) is 0 Å². The molecule has 1 aromatic heterocycles. The third kappa shape index (κ3) is 5.04. The highest BCUT2D eigenvalue weighted by Gasteiger charge is 2.26. The number of fused-ring (bicyclic) bond motifs is 1. The molecule has 1 amide bonds. The number of carbonyl (C=O) groups excluding carboxylic acids is 1. The van der Waals surface area contributed by atoms with Crippen LogP contribution in [0.15, 0.2) is 60.7 Å². The van der Waals surface area contributed by atoms with E-state index in [9.17, 15) is 4.79 Å². The maximum absolute atomic E-state index is 12.9. The van der Waals surface area contributed by atoms with Gasteiger partial charge in [0.2, 0.25) is 5.91 Å². The van der Waals surface area contributed by atoms with Crippen LogP contribution >= 0.6 is 0 Å². The van der Waals surface area contributed by atoms with E-state index in [0.717, 1.165) is 49.0 Å². The lowest BCUT2D eigenvalue weighted by Crippen LogP contribution is -2.42. The first-order valence-corrected chi connectivity index (χ1v) is 11.7. The zero-order valence-electron chi connectivity index (χ0n) is 19.3. The Hall–Kier alpha value is -3.08. The smallest absolute Gasteiger partial charge is 0.227 e. The summed E-state index contributed by atoms with van der Waals surface area (Å²) in [5.74, 6) is 1.01. The fourth-order valence-corrected chi connectivity index (χ4v) is 4.75. The molecule has 0 spiro atoms. The molecule has 1 unspecified atom stereocenters. The van der Waals surface area contributed by atoms with Crippen molar-refractivity contribution in [3.63, 3.8) is 0 Å². The second-order valence-electron chi connectivity index (χ2n) is 9.01. The molecular weight excluding hydrogens is 396 g/mol. The number of carbonyl (C=O) groups is 1. The number of pyridine rings is 1. The van der Waals surface area contributed by atoms with Crippen molar-refractivity contribution in [2.75, 3.05) is 24.3 Å². The molecule has 1 saturated carbocycles. The van der Waals surface area contributed by atoms with Crippen LogP contribution in [0.1, 0.15) is 50.5 Å². The normalized spacial score (nSPS) is 19.3. The molecule has 168 valence electrons. The van der Waals surface area contributed by atoms with Gasteiger partial charge in [0, 0.05) is 43.3 Å². The third-order valence-electron chi connectivity index (χ3n) is 6.53. The van der Waals surface area contributed by atoms with Gasteiger partial charge in [-0.1, -0.05) is 55.5 Å². The van der Waals surface area contributed by atoms with Crippen molar-refractivity contribution in [1.82, 2.24) is 10.3 Å². The lowest BCUT2D eigenvalue weighted by molar-refractivity contribution is -0.123. The average Bonchev–Trinajstić information content (AvgIpc) is 2.81. The Labute approximate surface area is 191 Å². The standard InChI is InChI=1S/C27H34N4O/c1-4-22(19-10-6-5-7-11-19)27(32)29-21-16-14-20(15-17-21)28-26-18-25(31(2)3)23-12-8-9-13-24(23)30-26/h5-13,18,20-22H,4,14-17H2,1-3H3,(H,28,30)(H,29,32). The first kappa shape index (κ1) is 22.1. The number of hydrogen-bond acceptors (Lipinski definition) is 4. The lowest BCUT2D eigenvalue weighted by atomic mass is 9.89. The van der Waals surface area contributed by atoms with Crippen molar-refractivity contribution >= 4 is 28.3 Å². The molecule has 4 rings (SSSR count). The van der Waals surface area contributed by atoms with Gasteiger partial charge >= 0.3 is 0 Å². The molecule has 2 aromatic carbocycles. The highest BCUT2D eigenvalue weighted by Crippen LogP contribution is 2.29. The van der Waals surface area contributed by atoms with Gasteiger partial charge in [-0.25, -0.2) is 4.98 Å². The molecule has 3 aromatic rings. The van der Waals surface area contributed by atoms with E-state index in [0.29, 0.717) is 6.04 Å². The minimum atomic E-state index is -0.0710. The van der Waals surface area contributed by atoms with Crippen molar-refractivity contribution < 1.29 is 4.79 Å². The van der Waals surface area contributed by atoms with Gasteiger partial charge in [0.25, 0.3) is 0 Å². The van der Waals surface area contributed by atoms with Crippen molar-refractivity contribution in [3.05, 3.63) is 66.2 Å². The van der Waals surface area contributed by atoms with Crippen LogP contribution in [-0.2, 0) is 4.79 Å². The number of benzene rings is 2. The number of nitrogens with one attached hydrogen (secondary N) is 2. The van der Waals surface area contributed by atoms with E-state index in [2.05, 4.69) is 60.8 Å². The summed E-state index contributed by atoms with van der Waals surface area (Å²) in [7, 11) is 4.14.